The van der Waals surface area contributed by atoms with Gasteiger partial charge in [-0.15, -0.1) is 0 Å². The molecule has 2 aromatic carbocycles. The van der Waals surface area contributed by atoms with E-state index >= 15 is 0 Å². The van der Waals surface area contributed by atoms with Gasteiger partial charge in [-0.05, 0) is 64.6 Å². The van der Waals surface area contributed by atoms with Gasteiger partial charge in [-0.1, -0.05) is 11.2 Å². The summed E-state index contributed by atoms with van der Waals surface area (Å²) >= 11 is 2.25. The van der Waals surface area contributed by atoms with Crippen LogP contribution in [0.4, 0.5) is 0 Å². The number of fused-ring (bicyclic) bond motifs is 1. The van der Waals surface area contributed by atoms with Gasteiger partial charge in [-0.25, -0.2) is 4.98 Å². The molecular weight excluding hydrogens is 355 g/mol. The first-order chi connectivity index (χ1) is 9.26. The molecule has 0 radical (unpaired) electrons. The van der Waals surface area contributed by atoms with Crippen molar-refractivity contribution in [1.82, 2.24) is 4.98 Å². The van der Waals surface area contributed by atoms with Gasteiger partial charge in [0, 0.05) is 9.13 Å². The minimum atomic E-state index is 0.589. The van der Waals surface area contributed by atoms with E-state index < -0.39 is 0 Å². The lowest BCUT2D eigenvalue weighted by molar-refractivity contribution is 0.322. The second-order valence-corrected chi connectivity index (χ2v) is 5.25. The summed E-state index contributed by atoms with van der Waals surface area (Å²) < 4.78 is 6.85. The van der Waals surface area contributed by atoms with Crippen LogP contribution in [0.2, 0.25) is 0 Å². The van der Waals surface area contributed by atoms with Gasteiger partial charge in [0.05, 0.1) is 6.21 Å². The van der Waals surface area contributed by atoms with E-state index in [1.54, 1.807) is 0 Å². The summed E-state index contributed by atoms with van der Waals surface area (Å²) in [5, 5.41) is 11.5. The molecule has 0 saturated heterocycles. The number of oxazole rings is 1. The van der Waals surface area contributed by atoms with Crippen LogP contribution < -0.4 is 0 Å². The molecule has 3 rings (SSSR count). The molecule has 0 spiro atoms. The highest BCUT2D eigenvalue weighted by molar-refractivity contribution is 14.1. The van der Waals surface area contributed by atoms with Gasteiger partial charge in [0.15, 0.2) is 5.58 Å². The highest BCUT2D eigenvalue weighted by Crippen LogP contribution is 2.25. The third kappa shape index (κ3) is 2.46. The minimum absolute atomic E-state index is 0.589. The predicted molar refractivity (Wildman–Crippen MR) is 81.5 cm³/mol. The van der Waals surface area contributed by atoms with Gasteiger partial charge in [0.2, 0.25) is 5.89 Å². The number of nitrogens with zero attached hydrogens (tertiary/aromatic N) is 2. The third-order valence-corrected chi connectivity index (χ3v) is 3.36. The molecule has 0 atom stereocenters. The summed E-state index contributed by atoms with van der Waals surface area (Å²) in [5.74, 6) is 0.589. The van der Waals surface area contributed by atoms with Crippen LogP contribution in [-0.4, -0.2) is 16.4 Å². The summed E-state index contributed by atoms with van der Waals surface area (Å²) in [6.07, 6.45) is 1.36. The van der Waals surface area contributed by atoms with Crippen LogP contribution in [0.5, 0.6) is 0 Å². The molecule has 4 nitrogen and oxygen atoms in total. The lowest BCUT2D eigenvalue weighted by atomic mass is 10.2. The van der Waals surface area contributed by atoms with E-state index in [9.17, 15) is 0 Å². The lowest BCUT2D eigenvalue weighted by Crippen LogP contribution is -1.80. The fourth-order valence-electron chi connectivity index (χ4n) is 1.84. The number of rotatable bonds is 2. The van der Waals surface area contributed by atoms with Crippen LogP contribution in [0.15, 0.2) is 52.0 Å². The molecule has 0 aliphatic carbocycles. The third-order valence-electron chi connectivity index (χ3n) is 2.69. The van der Waals surface area contributed by atoms with Gasteiger partial charge in [-0.3, -0.25) is 0 Å². The Labute approximate surface area is 122 Å². The van der Waals surface area contributed by atoms with Gasteiger partial charge in [0.1, 0.15) is 5.52 Å². The first-order valence-electron chi connectivity index (χ1n) is 5.60. The van der Waals surface area contributed by atoms with E-state index in [1.165, 1.54) is 6.21 Å². The quantitative estimate of drug-likeness (QED) is 0.325. The largest absolute Gasteiger partial charge is 0.436 e. The van der Waals surface area contributed by atoms with Crippen LogP contribution in [0.1, 0.15) is 5.56 Å². The zero-order valence-electron chi connectivity index (χ0n) is 9.75. The fraction of sp³-hybridized carbons (Fsp3) is 0. The Bertz CT molecular complexity index is 765. The second-order valence-electron chi connectivity index (χ2n) is 4.00. The standard InChI is InChI=1S/C14H9IN2O2/c15-11-3-1-2-10(7-11)14-17-12-6-9(8-16-18)4-5-13(12)19-14/h1-8,18H/b16-8+. The summed E-state index contributed by atoms with van der Waals surface area (Å²) in [6.45, 7) is 0. The predicted octanol–water partition coefficient (Wildman–Crippen LogP) is 3.91. The summed E-state index contributed by atoms with van der Waals surface area (Å²) in [4.78, 5) is 4.45. The molecule has 0 fully saturated rings. The summed E-state index contributed by atoms with van der Waals surface area (Å²) in [7, 11) is 0. The fourth-order valence-corrected chi connectivity index (χ4v) is 2.38. The molecule has 0 amide bonds. The Morgan fingerprint density at radius 3 is 2.89 bits per heavy atom. The molecule has 19 heavy (non-hydrogen) atoms. The van der Waals surface area contributed by atoms with Crippen LogP contribution >= 0.6 is 22.6 Å². The Hall–Kier alpha value is -1.89. The van der Waals surface area contributed by atoms with Gasteiger partial charge >= 0.3 is 0 Å². The highest BCUT2D eigenvalue weighted by Gasteiger charge is 2.08. The zero-order valence-corrected chi connectivity index (χ0v) is 11.9. The van der Waals surface area contributed by atoms with Crippen molar-refractivity contribution in [2.75, 3.05) is 0 Å². The van der Waals surface area contributed by atoms with Crippen molar-refractivity contribution >= 4 is 39.9 Å². The first-order valence-corrected chi connectivity index (χ1v) is 6.68. The van der Waals surface area contributed by atoms with E-state index in [2.05, 4.69) is 32.7 Å². The van der Waals surface area contributed by atoms with Crippen molar-refractivity contribution in [1.29, 1.82) is 0 Å². The van der Waals surface area contributed by atoms with Crippen molar-refractivity contribution in [2.24, 2.45) is 5.16 Å². The van der Waals surface area contributed by atoms with Gasteiger partial charge < -0.3 is 9.62 Å². The summed E-state index contributed by atoms with van der Waals surface area (Å²) in [5.41, 5.74) is 3.17. The van der Waals surface area contributed by atoms with Crippen molar-refractivity contribution in [3.63, 3.8) is 0 Å². The topological polar surface area (TPSA) is 58.6 Å². The Morgan fingerprint density at radius 1 is 1.21 bits per heavy atom. The highest BCUT2D eigenvalue weighted by atomic mass is 127. The molecule has 1 N–H and O–H groups in total. The molecule has 3 aromatic rings. The van der Waals surface area contributed by atoms with Crippen molar-refractivity contribution in [2.45, 2.75) is 0 Å². The van der Waals surface area contributed by atoms with E-state index in [0.29, 0.717) is 11.5 Å². The van der Waals surface area contributed by atoms with Crippen LogP contribution in [0, 0.1) is 3.57 Å². The Balaban J connectivity index is 2.11. The van der Waals surface area contributed by atoms with Crippen LogP contribution in [0.25, 0.3) is 22.6 Å². The Morgan fingerprint density at radius 2 is 2.11 bits per heavy atom. The Kier molecular flexibility index (Phi) is 3.20. The first kappa shape index (κ1) is 12.2. The SMILES string of the molecule is O/N=C/c1ccc2oc(-c3cccc(I)c3)nc2c1. The lowest BCUT2D eigenvalue weighted by Gasteiger charge is -1.94. The van der Waals surface area contributed by atoms with Crippen molar-refractivity contribution in [3.8, 4) is 11.5 Å². The molecule has 5 heteroatoms. The maximum atomic E-state index is 8.53. The summed E-state index contributed by atoms with van der Waals surface area (Å²) in [6, 6.07) is 13.4. The molecule has 1 aromatic heterocycles. The molecule has 94 valence electrons. The molecule has 1 heterocycles. The molecule has 0 aliphatic heterocycles. The van der Waals surface area contributed by atoms with Gasteiger partial charge in [0.25, 0.3) is 0 Å². The van der Waals surface area contributed by atoms with E-state index in [4.69, 9.17) is 9.62 Å². The monoisotopic (exact) mass is 364 g/mol. The molecule has 0 aliphatic rings. The number of hydrogen-bond donors (Lipinski definition) is 1. The minimum Gasteiger partial charge on any atom is -0.436 e. The van der Waals surface area contributed by atoms with Crippen LogP contribution in [0.3, 0.4) is 0 Å². The zero-order chi connectivity index (χ0) is 13.2. The van der Waals surface area contributed by atoms with Crippen molar-refractivity contribution < 1.29 is 9.62 Å². The van der Waals surface area contributed by atoms with E-state index in [1.807, 2.05) is 42.5 Å². The molecular formula is C14H9IN2O2. The molecule has 0 saturated carbocycles. The average molecular weight is 364 g/mol. The van der Waals surface area contributed by atoms with Gasteiger partial charge in [-0.2, -0.15) is 0 Å². The smallest absolute Gasteiger partial charge is 0.227 e. The molecule has 0 unspecified atom stereocenters. The number of hydrogen-bond acceptors (Lipinski definition) is 4. The second kappa shape index (κ2) is 5.00. The maximum Gasteiger partial charge on any atom is 0.227 e. The van der Waals surface area contributed by atoms with E-state index in [-0.39, 0.29) is 0 Å². The average Bonchev–Trinajstić information content (AvgIpc) is 2.82. The normalized spacial score (nSPS) is 11.4. The molecule has 0 bridgehead atoms. The maximum absolute atomic E-state index is 8.53. The number of halogens is 1. The van der Waals surface area contributed by atoms with E-state index in [0.717, 1.165) is 20.2 Å². The number of benzene rings is 2. The van der Waals surface area contributed by atoms with Crippen molar-refractivity contribution in [3.05, 3.63) is 51.6 Å². The van der Waals surface area contributed by atoms with Crippen LogP contribution in [-0.2, 0) is 0 Å². The number of oxime groups is 1. The number of aromatic nitrogens is 1.